The van der Waals surface area contributed by atoms with Crippen LogP contribution in [0.2, 0.25) is 0 Å². The lowest BCUT2D eigenvalue weighted by atomic mass is 10.0. The summed E-state index contributed by atoms with van der Waals surface area (Å²) >= 11 is 5.36. The molecule has 0 aromatic carbocycles. The molecule has 1 nitrogen and oxygen atoms in total. The molecule has 0 bridgehead atoms. The van der Waals surface area contributed by atoms with Gasteiger partial charge in [-0.2, -0.15) is 0 Å². The van der Waals surface area contributed by atoms with Gasteiger partial charge in [0.2, 0.25) is 0 Å². The third-order valence-corrected chi connectivity index (χ3v) is 4.07. The molecule has 0 saturated carbocycles. The summed E-state index contributed by atoms with van der Waals surface area (Å²) in [6, 6.07) is 2.82. The standard InChI is InChI=1S/C9H12BrNS/c10-9-7(4-6-12-9)8-3-1-2-5-11-8/h4,6,8,11H,1-3,5H2. The quantitative estimate of drug-likeness (QED) is 0.801. The number of thiophene rings is 1. The van der Waals surface area contributed by atoms with Gasteiger partial charge in [0.15, 0.2) is 0 Å². The Bertz CT molecular complexity index is 253. The van der Waals surface area contributed by atoms with Crippen LogP contribution >= 0.6 is 27.3 Å². The second-order valence-corrected chi connectivity index (χ2v) is 5.39. The van der Waals surface area contributed by atoms with Gasteiger partial charge in [0.05, 0.1) is 3.79 Å². The Kier molecular flexibility index (Phi) is 2.84. The summed E-state index contributed by atoms with van der Waals surface area (Å²) in [5.74, 6) is 0. The lowest BCUT2D eigenvalue weighted by Gasteiger charge is -2.23. The first-order chi connectivity index (χ1) is 5.88. The van der Waals surface area contributed by atoms with E-state index < -0.39 is 0 Å². The van der Waals surface area contributed by atoms with Gasteiger partial charge in [-0.15, -0.1) is 11.3 Å². The van der Waals surface area contributed by atoms with Crippen LogP contribution in [0.3, 0.4) is 0 Å². The highest BCUT2D eigenvalue weighted by molar-refractivity contribution is 9.11. The van der Waals surface area contributed by atoms with Crippen molar-refractivity contribution in [2.24, 2.45) is 0 Å². The van der Waals surface area contributed by atoms with Crippen molar-refractivity contribution in [1.82, 2.24) is 5.32 Å². The predicted molar refractivity (Wildman–Crippen MR) is 56.6 cm³/mol. The summed E-state index contributed by atoms with van der Waals surface area (Å²) in [7, 11) is 0. The minimum Gasteiger partial charge on any atom is -0.310 e. The molecule has 1 aliphatic heterocycles. The maximum atomic E-state index is 3.58. The normalized spacial score (nSPS) is 24.2. The number of hydrogen-bond donors (Lipinski definition) is 1. The van der Waals surface area contributed by atoms with Crippen LogP contribution < -0.4 is 5.32 Å². The minimum atomic E-state index is 0.597. The van der Waals surface area contributed by atoms with E-state index in [0.717, 1.165) is 0 Å². The smallest absolute Gasteiger partial charge is 0.0746 e. The number of halogens is 1. The molecule has 1 atom stereocenters. The summed E-state index contributed by atoms with van der Waals surface area (Å²) in [5.41, 5.74) is 1.44. The van der Waals surface area contributed by atoms with E-state index in [2.05, 4.69) is 32.7 Å². The molecule has 1 saturated heterocycles. The maximum Gasteiger partial charge on any atom is 0.0746 e. The van der Waals surface area contributed by atoms with Gasteiger partial charge in [0, 0.05) is 6.04 Å². The highest BCUT2D eigenvalue weighted by Crippen LogP contribution is 2.32. The second kappa shape index (κ2) is 3.90. The van der Waals surface area contributed by atoms with Gasteiger partial charge in [0.25, 0.3) is 0 Å². The molecule has 2 heterocycles. The Hall–Kier alpha value is 0.140. The Labute approximate surface area is 85.3 Å². The van der Waals surface area contributed by atoms with Crippen molar-refractivity contribution >= 4 is 27.3 Å². The molecule has 0 spiro atoms. The first kappa shape index (κ1) is 8.73. The molecule has 1 aromatic rings. The lowest BCUT2D eigenvalue weighted by molar-refractivity contribution is 0.412. The minimum absolute atomic E-state index is 0.597. The fraction of sp³-hybridized carbons (Fsp3) is 0.556. The molecule has 0 radical (unpaired) electrons. The highest BCUT2D eigenvalue weighted by Gasteiger charge is 2.17. The third-order valence-electron chi connectivity index (χ3n) is 2.33. The molecular weight excluding hydrogens is 234 g/mol. The van der Waals surface area contributed by atoms with Crippen molar-refractivity contribution in [2.75, 3.05) is 6.54 Å². The molecule has 1 fully saturated rings. The Morgan fingerprint density at radius 2 is 2.42 bits per heavy atom. The van der Waals surface area contributed by atoms with E-state index in [0.29, 0.717) is 6.04 Å². The van der Waals surface area contributed by atoms with E-state index >= 15 is 0 Å². The van der Waals surface area contributed by atoms with Gasteiger partial charge in [-0.1, -0.05) is 6.42 Å². The van der Waals surface area contributed by atoms with E-state index in [-0.39, 0.29) is 0 Å². The van der Waals surface area contributed by atoms with Crippen LogP contribution in [0.5, 0.6) is 0 Å². The van der Waals surface area contributed by atoms with E-state index in [1.165, 1.54) is 35.2 Å². The van der Waals surface area contributed by atoms with Crippen molar-refractivity contribution in [2.45, 2.75) is 25.3 Å². The van der Waals surface area contributed by atoms with Crippen LogP contribution in [0.25, 0.3) is 0 Å². The summed E-state index contributed by atoms with van der Waals surface area (Å²) < 4.78 is 1.29. The summed E-state index contributed by atoms with van der Waals surface area (Å²) in [6.07, 6.45) is 3.98. The van der Waals surface area contributed by atoms with Crippen LogP contribution in [0.1, 0.15) is 30.9 Å². The van der Waals surface area contributed by atoms with Crippen molar-refractivity contribution < 1.29 is 0 Å². The Balaban J connectivity index is 2.13. The number of hydrogen-bond acceptors (Lipinski definition) is 2. The van der Waals surface area contributed by atoms with Gasteiger partial charge in [0.1, 0.15) is 0 Å². The zero-order chi connectivity index (χ0) is 8.39. The van der Waals surface area contributed by atoms with Gasteiger partial charge in [-0.05, 0) is 52.3 Å². The zero-order valence-corrected chi connectivity index (χ0v) is 9.25. The van der Waals surface area contributed by atoms with Gasteiger partial charge in [-0.3, -0.25) is 0 Å². The average Bonchev–Trinajstić information content (AvgIpc) is 2.53. The maximum absolute atomic E-state index is 3.58. The zero-order valence-electron chi connectivity index (χ0n) is 6.85. The lowest BCUT2D eigenvalue weighted by Crippen LogP contribution is -2.26. The van der Waals surface area contributed by atoms with Crippen LogP contribution in [0, 0.1) is 0 Å². The molecule has 1 N–H and O–H groups in total. The largest absolute Gasteiger partial charge is 0.310 e. The highest BCUT2D eigenvalue weighted by atomic mass is 79.9. The number of nitrogens with one attached hydrogen (secondary N) is 1. The fourth-order valence-electron chi connectivity index (χ4n) is 1.67. The SMILES string of the molecule is Brc1sccc1C1CCCCN1. The van der Waals surface area contributed by atoms with E-state index in [1.807, 2.05) is 0 Å². The first-order valence-electron chi connectivity index (χ1n) is 4.34. The predicted octanol–water partition coefficient (Wildman–Crippen LogP) is 3.33. The number of rotatable bonds is 1. The van der Waals surface area contributed by atoms with E-state index in [1.54, 1.807) is 11.3 Å². The van der Waals surface area contributed by atoms with E-state index in [4.69, 9.17) is 0 Å². The van der Waals surface area contributed by atoms with Gasteiger partial charge < -0.3 is 5.32 Å². The topological polar surface area (TPSA) is 12.0 Å². The molecule has 0 aliphatic carbocycles. The van der Waals surface area contributed by atoms with Crippen LogP contribution in [0.15, 0.2) is 15.2 Å². The van der Waals surface area contributed by atoms with Crippen LogP contribution in [-0.2, 0) is 0 Å². The molecule has 1 aromatic heterocycles. The van der Waals surface area contributed by atoms with Crippen LogP contribution in [0.4, 0.5) is 0 Å². The summed E-state index contributed by atoms with van der Waals surface area (Å²) in [4.78, 5) is 0. The average molecular weight is 246 g/mol. The van der Waals surface area contributed by atoms with Gasteiger partial charge >= 0.3 is 0 Å². The molecule has 12 heavy (non-hydrogen) atoms. The molecule has 2 rings (SSSR count). The second-order valence-electron chi connectivity index (χ2n) is 3.15. The van der Waals surface area contributed by atoms with Crippen molar-refractivity contribution in [3.63, 3.8) is 0 Å². The number of piperidine rings is 1. The molecule has 1 aliphatic rings. The summed E-state index contributed by atoms with van der Waals surface area (Å²) in [6.45, 7) is 1.17. The molecular formula is C9H12BrNS. The monoisotopic (exact) mass is 245 g/mol. The summed E-state index contributed by atoms with van der Waals surface area (Å²) in [5, 5.41) is 5.69. The molecule has 3 heteroatoms. The van der Waals surface area contributed by atoms with E-state index in [9.17, 15) is 0 Å². The fourth-order valence-corrected chi connectivity index (χ4v) is 3.08. The third kappa shape index (κ3) is 1.73. The first-order valence-corrected chi connectivity index (χ1v) is 6.01. The van der Waals surface area contributed by atoms with Crippen molar-refractivity contribution in [3.8, 4) is 0 Å². The van der Waals surface area contributed by atoms with Gasteiger partial charge in [-0.25, -0.2) is 0 Å². The van der Waals surface area contributed by atoms with Crippen LogP contribution in [-0.4, -0.2) is 6.54 Å². The van der Waals surface area contributed by atoms with Crippen molar-refractivity contribution in [3.05, 3.63) is 20.8 Å². The molecule has 66 valence electrons. The molecule has 1 unspecified atom stereocenters. The Morgan fingerprint density at radius 1 is 1.50 bits per heavy atom. The Morgan fingerprint density at radius 3 is 3.00 bits per heavy atom. The molecule has 0 amide bonds. The van der Waals surface area contributed by atoms with Crippen molar-refractivity contribution in [1.29, 1.82) is 0 Å².